The van der Waals surface area contributed by atoms with E-state index < -0.39 is 29.8 Å². The number of para-hydroxylation sites is 1. The third-order valence-electron chi connectivity index (χ3n) is 5.18. The normalized spacial score (nSPS) is 12.2. The quantitative estimate of drug-likeness (QED) is 0.401. The van der Waals surface area contributed by atoms with Crippen molar-refractivity contribution in [3.8, 4) is 5.69 Å². The number of hydrogen-bond donors (Lipinski definition) is 1. The molecule has 0 fully saturated rings. The first kappa shape index (κ1) is 24.8. The number of hydrogen-bond acceptors (Lipinski definition) is 6. The third kappa shape index (κ3) is 5.04. The first-order chi connectivity index (χ1) is 17.2. The molecule has 0 radical (unpaired) electrons. The van der Waals surface area contributed by atoms with E-state index in [2.05, 4.69) is 4.99 Å². The largest absolute Gasteiger partial charge is 0.366 e. The fourth-order valence-electron chi connectivity index (χ4n) is 3.37. The lowest BCUT2D eigenvalue weighted by atomic mass is 10.2. The van der Waals surface area contributed by atoms with Crippen LogP contribution in [-0.4, -0.2) is 27.3 Å². The average molecular weight is 520 g/mol. The number of carbonyl (C=O) groups excluding carboxylic acids is 1. The molecule has 1 aromatic heterocycles. The first-order valence-corrected chi connectivity index (χ1v) is 13.6. The predicted molar refractivity (Wildman–Crippen MR) is 135 cm³/mol. The van der Waals surface area contributed by atoms with Gasteiger partial charge in [0.15, 0.2) is 4.24 Å². The lowest BCUT2D eigenvalue weighted by Gasteiger charge is -2.11. The maximum absolute atomic E-state index is 13.5. The Morgan fingerprint density at radius 2 is 1.17 bits per heavy atom. The van der Waals surface area contributed by atoms with Crippen molar-refractivity contribution in [1.82, 2.24) is 4.57 Å². The van der Waals surface area contributed by atoms with Crippen LogP contribution in [0.15, 0.2) is 135 Å². The number of benzene rings is 3. The maximum atomic E-state index is 13.5. The molecule has 2 N–H and O–H groups in total. The Morgan fingerprint density at radius 1 is 0.694 bits per heavy atom. The molecule has 0 unspecified atom stereocenters. The van der Waals surface area contributed by atoms with Gasteiger partial charge in [0.1, 0.15) is 5.49 Å². The standard InChI is InChI=1S/C26H21N3O5S2/c27-26(30)20-16-17-24(29(19-20)21-10-4-1-5-11-21)28-18-25(35(31,32)22-12-6-2-7-13-22)36(33,34)23-14-8-3-9-15-23/h1-19H,(H2,27,30). The highest BCUT2D eigenvalue weighted by Gasteiger charge is 2.33. The fourth-order valence-corrected chi connectivity index (χ4v) is 6.98. The molecule has 0 spiro atoms. The Hall–Kier alpha value is -4.28. The number of rotatable bonds is 7. The molecule has 8 nitrogen and oxygen atoms in total. The Bertz CT molecular complexity index is 1640. The van der Waals surface area contributed by atoms with Gasteiger partial charge < -0.3 is 10.3 Å². The van der Waals surface area contributed by atoms with Crippen LogP contribution < -0.4 is 11.2 Å². The minimum Gasteiger partial charge on any atom is -0.366 e. The second-order valence-electron chi connectivity index (χ2n) is 7.56. The van der Waals surface area contributed by atoms with Crippen LogP contribution in [0.3, 0.4) is 0 Å². The van der Waals surface area contributed by atoms with Gasteiger partial charge in [0.2, 0.25) is 25.6 Å². The maximum Gasteiger partial charge on any atom is 0.250 e. The van der Waals surface area contributed by atoms with Crippen molar-refractivity contribution in [3.05, 3.63) is 131 Å². The van der Waals surface area contributed by atoms with E-state index in [0.29, 0.717) is 5.69 Å². The summed E-state index contributed by atoms with van der Waals surface area (Å²) >= 11 is 0. The topological polar surface area (TPSA) is 129 Å². The molecule has 0 aliphatic heterocycles. The summed E-state index contributed by atoms with van der Waals surface area (Å²) in [7, 11) is -8.96. The van der Waals surface area contributed by atoms with Crippen LogP contribution in [0.2, 0.25) is 0 Å². The van der Waals surface area contributed by atoms with Gasteiger partial charge in [-0.05, 0) is 48.5 Å². The highest BCUT2D eigenvalue weighted by Crippen LogP contribution is 2.29. The zero-order valence-electron chi connectivity index (χ0n) is 18.8. The molecule has 0 bridgehead atoms. The minimum atomic E-state index is -4.48. The number of amides is 1. The van der Waals surface area contributed by atoms with Gasteiger partial charge in [-0.3, -0.25) is 4.79 Å². The molecule has 4 rings (SSSR count). The molecule has 1 amide bonds. The molecule has 1 heterocycles. The summed E-state index contributed by atoms with van der Waals surface area (Å²) in [5.74, 6) is -0.666. The SMILES string of the molecule is NC(=O)c1ccc(=NC=C(S(=O)(=O)c2ccccc2)S(=O)(=O)c2ccccc2)n(-c2ccccc2)c1. The van der Waals surface area contributed by atoms with E-state index >= 15 is 0 Å². The van der Waals surface area contributed by atoms with Crippen molar-refractivity contribution in [1.29, 1.82) is 0 Å². The Labute approximate surface area is 208 Å². The molecule has 0 aliphatic carbocycles. The number of sulfone groups is 2. The molecule has 36 heavy (non-hydrogen) atoms. The number of pyridine rings is 1. The van der Waals surface area contributed by atoms with Gasteiger partial charge in [-0.15, -0.1) is 0 Å². The smallest absolute Gasteiger partial charge is 0.250 e. The van der Waals surface area contributed by atoms with E-state index in [1.54, 1.807) is 42.5 Å². The summed E-state index contributed by atoms with van der Waals surface area (Å²) in [6.07, 6.45) is 2.27. The second kappa shape index (κ2) is 10.1. The summed E-state index contributed by atoms with van der Waals surface area (Å²) in [5.41, 5.74) is 6.39. The third-order valence-corrected chi connectivity index (χ3v) is 9.56. The van der Waals surface area contributed by atoms with Gasteiger partial charge in [-0.1, -0.05) is 54.6 Å². The van der Waals surface area contributed by atoms with Crippen LogP contribution in [-0.2, 0) is 19.7 Å². The van der Waals surface area contributed by atoms with Gasteiger partial charge in [0, 0.05) is 11.9 Å². The summed E-state index contributed by atoms with van der Waals surface area (Å²) in [5, 5.41) is 0. The first-order valence-electron chi connectivity index (χ1n) is 10.6. The number of carbonyl (C=O) groups is 1. The Morgan fingerprint density at radius 3 is 1.64 bits per heavy atom. The van der Waals surface area contributed by atoms with Crippen molar-refractivity contribution in [2.24, 2.45) is 10.7 Å². The summed E-state index contributed by atoms with van der Waals surface area (Å²) in [6.45, 7) is 0. The van der Waals surface area contributed by atoms with Gasteiger partial charge in [-0.2, -0.15) is 0 Å². The van der Waals surface area contributed by atoms with E-state index in [1.165, 1.54) is 71.4 Å². The van der Waals surface area contributed by atoms with Crippen molar-refractivity contribution < 1.29 is 21.6 Å². The Kier molecular flexibility index (Phi) is 7.00. The summed E-state index contributed by atoms with van der Waals surface area (Å²) in [4.78, 5) is 15.6. The number of aromatic nitrogens is 1. The average Bonchev–Trinajstić information content (AvgIpc) is 2.90. The van der Waals surface area contributed by atoms with Gasteiger partial charge >= 0.3 is 0 Å². The van der Waals surface area contributed by atoms with Crippen LogP contribution in [0, 0.1) is 0 Å². The van der Waals surface area contributed by atoms with Crippen LogP contribution in [0.5, 0.6) is 0 Å². The zero-order chi connectivity index (χ0) is 25.8. The second-order valence-corrected chi connectivity index (χ2v) is 11.7. The van der Waals surface area contributed by atoms with Crippen molar-refractivity contribution in [2.45, 2.75) is 9.79 Å². The molecular formula is C26H21N3O5S2. The molecular weight excluding hydrogens is 498 g/mol. The van der Waals surface area contributed by atoms with Crippen LogP contribution in [0.4, 0.5) is 0 Å². The van der Waals surface area contributed by atoms with Crippen molar-refractivity contribution in [3.63, 3.8) is 0 Å². The molecule has 0 aliphatic rings. The molecule has 3 aromatic carbocycles. The van der Waals surface area contributed by atoms with Gasteiger partial charge in [0.05, 0.1) is 21.6 Å². The van der Waals surface area contributed by atoms with E-state index in [0.717, 1.165) is 6.20 Å². The van der Waals surface area contributed by atoms with Crippen LogP contribution in [0.25, 0.3) is 5.69 Å². The van der Waals surface area contributed by atoms with Crippen LogP contribution in [0.1, 0.15) is 10.4 Å². The highest BCUT2D eigenvalue weighted by molar-refractivity contribution is 8.14. The molecule has 182 valence electrons. The van der Waals surface area contributed by atoms with Gasteiger partial charge in [-0.25, -0.2) is 21.8 Å². The number of nitrogens with zero attached hydrogens (tertiary/aromatic N) is 2. The predicted octanol–water partition coefficient (Wildman–Crippen LogP) is 3.22. The number of nitrogens with two attached hydrogens (primary N) is 1. The highest BCUT2D eigenvalue weighted by atomic mass is 32.3. The fraction of sp³-hybridized carbons (Fsp3) is 0. The van der Waals surface area contributed by atoms with Crippen LogP contribution >= 0.6 is 0 Å². The van der Waals surface area contributed by atoms with Gasteiger partial charge in [0.25, 0.3) is 0 Å². The summed E-state index contributed by atoms with van der Waals surface area (Å²) < 4.78 is 54.6. The van der Waals surface area contributed by atoms with E-state index in [-0.39, 0.29) is 20.8 Å². The van der Waals surface area contributed by atoms with E-state index in [9.17, 15) is 21.6 Å². The molecule has 0 atom stereocenters. The minimum absolute atomic E-state index is 0.176. The molecule has 0 saturated heterocycles. The number of primary amides is 1. The summed E-state index contributed by atoms with van der Waals surface area (Å²) in [6, 6.07) is 26.2. The lowest BCUT2D eigenvalue weighted by Crippen LogP contribution is -2.22. The van der Waals surface area contributed by atoms with Crippen molar-refractivity contribution in [2.75, 3.05) is 0 Å². The lowest BCUT2D eigenvalue weighted by molar-refractivity contribution is 0.0999. The van der Waals surface area contributed by atoms with E-state index in [4.69, 9.17) is 5.73 Å². The molecule has 10 heteroatoms. The molecule has 4 aromatic rings. The monoisotopic (exact) mass is 519 g/mol. The van der Waals surface area contributed by atoms with E-state index in [1.807, 2.05) is 0 Å². The molecule has 0 saturated carbocycles. The van der Waals surface area contributed by atoms with Crippen molar-refractivity contribution >= 4 is 25.6 Å². The zero-order valence-corrected chi connectivity index (χ0v) is 20.4. The Balaban J connectivity index is 2.00.